The summed E-state index contributed by atoms with van der Waals surface area (Å²) in [7, 11) is 0. The first-order chi connectivity index (χ1) is 19.0. The lowest BCUT2D eigenvalue weighted by Gasteiger charge is -2.19. The summed E-state index contributed by atoms with van der Waals surface area (Å²) < 4.78 is 5.41. The molecular weight excluding hydrogens is 512 g/mol. The Morgan fingerprint density at radius 3 is 2.44 bits per heavy atom. The molecule has 3 fully saturated rings. The van der Waals surface area contributed by atoms with E-state index in [1.54, 1.807) is 53.9 Å². The zero-order chi connectivity index (χ0) is 26.7. The molecule has 1 aliphatic heterocycles. The molecule has 0 radical (unpaired) electrons. The van der Waals surface area contributed by atoms with Gasteiger partial charge >= 0.3 is 5.97 Å². The summed E-state index contributed by atoms with van der Waals surface area (Å²) >= 11 is 1.30. The van der Waals surface area contributed by atoms with Crippen molar-refractivity contribution in [2.75, 3.05) is 11.5 Å². The highest BCUT2D eigenvalue weighted by Crippen LogP contribution is 2.56. The number of amides is 2. The van der Waals surface area contributed by atoms with Crippen molar-refractivity contribution in [2.45, 2.75) is 19.3 Å². The number of fused-ring (bicyclic) bond motifs is 6. The molecule has 3 aliphatic rings. The number of anilines is 1. The number of benzene rings is 2. The molecule has 7 rings (SSSR count). The topological polar surface area (TPSA) is 93.6 Å². The average molecular weight is 537 g/mol. The summed E-state index contributed by atoms with van der Waals surface area (Å²) in [5, 5.41) is 2.41. The van der Waals surface area contributed by atoms with E-state index in [1.807, 2.05) is 18.2 Å². The SMILES string of the molecule is O=C(COC(=O)c1cc(-c2cccc(N3C(=O)[C@@H]4[C@H]5CC[C@@H](C5)[C@@H]4C3=O)c2)nc2ccccc12)c1cccs1. The molecule has 0 unspecified atom stereocenters. The van der Waals surface area contributed by atoms with Gasteiger partial charge in [0.05, 0.1) is 39.2 Å². The highest BCUT2D eigenvalue weighted by atomic mass is 32.1. The number of ether oxygens (including phenoxy) is 1. The second-order valence-corrected chi connectivity index (χ2v) is 11.4. The number of aromatic nitrogens is 1. The fourth-order valence-corrected chi connectivity index (χ4v) is 7.33. The number of hydrogen-bond donors (Lipinski definition) is 0. The van der Waals surface area contributed by atoms with Crippen LogP contribution in [-0.2, 0) is 14.3 Å². The lowest BCUT2D eigenvalue weighted by Crippen LogP contribution is -2.32. The van der Waals surface area contributed by atoms with Gasteiger partial charge in [0.1, 0.15) is 0 Å². The van der Waals surface area contributed by atoms with Crippen LogP contribution in [0.1, 0.15) is 39.3 Å². The first-order valence-electron chi connectivity index (χ1n) is 13.1. The zero-order valence-corrected chi connectivity index (χ0v) is 21.7. The molecule has 4 aromatic rings. The highest BCUT2D eigenvalue weighted by Gasteiger charge is 2.61. The molecule has 8 heteroatoms. The number of para-hydroxylation sites is 1. The second-order valence-electron chi connectivity index (χ2n) is 10.5. The number of imide groups is 1. The summed E-state index contributed by atoms with van der Waals surface area (Å²) in [5.74, 6) is -0.846. The van der Waals surface area contributed by atoms with Gasteiger partial charge in [0, 0.05) is 10.9 Å². The summed E-state index contributed by atoms with van der Waals surface area (Å²) in [6.07, 6.45) is 3.04. The van der Waals surface area contributed by atoms with E-state index in [4.69, 9.17) is 9.72 Å². The minimum atomic E-state index is -0.621. The quantitative estimate of drug-likeness (QED) is 0.183. The van der Waals surface area contributed by atoms with Crippen LogP contribution in [-0.4, -0.2) is 35.2 Å². The first kappa shape index (κ1) is 23.9. The molecule has 7 nitrogen and oxygen atoms in total. The Morgan fingerprint density at radius 1 is 0.923 bits per heavy atom. The fraction of sp³-hybridized carbons (Fsp3) is 0.258. The van der Waals surface area contributed by atoms with Crippen molar-refractivity contribution in [1.82, 2.24) is 4.98 Å². The molecule has 2 amide bonds. The Labute approximate surface area is 228 Å². The monoisotopic (exact) mass is 536 g/mol. The Balaban J connectivity index is 1.21. The molecule has 3 heterocycles. The maximum absolute atomic E-state index is 13.4. The molecule has 0 spiro atoms. The molecule has 2 aromatic carbocycles. The van der Waals surface area contributed by atoms with E-state index < -0.39 is 5.97 Å². The molecule has 39 heavy (non-hydrogen) atoms. The number of esters is 1. The maximum Gasteiger partial charge on any atom is 0.339 e. The van der Waals surface area contributed by atoms with Crippen LogP contribution in [0.4, 0.5) is 5.69 Å². The van der Waals surface area contributed by atoms with Crippen LogP contribution in [0, 0.1) is 23.7 Å². The minimum absolute atomic E-state index is 0.0968. The number of carbonyl (C=O) groups is 4. The van der Waals surface area contributed by atoms with E-state index in [2.05, 4.69) is 0 Å². The number of rotatable bonds is 6. The number of thiophene rings is 1. The third-order valence-electron chi connectivity index (χ3n) is 8.39. The molecule has 1 saturated heterocycles. The maximum atomic E-state index is 13.4. The summed E-state index contributed by atoms with van der Waals surface area (Å²) in [6, 6.07) is 19.5. The Bertz CT molecular complexity index is 1630. The molecule has 4 atom stereocenters. The van der Waals surface area contributed by atoms with Gasteiger partial charge in [-0.2, -0.15) is 0 Å². The van der Waals surface area contributed by atoms with Crippen molar-refractivity contribution in [3.8, 4) is 11.3 Å². The van der Waals surface area contributed by atoms with Crippen LogP contribution in [0.5, 0.6) is 0 Å². The van der Waals surface area contributed by atoms with Crippen LogP contribution in [0.25, 0.3) is 22.2 Å². The second kappa shape index (κ2) is 9.24. The molecule has 0 N–H and O–H groups in total. The smallest absolute Gasteiger partial charge is 0.339 e. The largest absolute Gasteiger partial charge is 0.454 e. The normalized spacial score (nSPS) is 23.4. The number of hydrogen-bond acceptors (Lipinski definition) is 7. The molecule has 2 aliphatic carbocycles. The highest BCUT2D eigenvalue weighted by molar-refractivity contribution is 7.12. The van der Waals surface area contributed by atoms with Gasteiger partial charge in [-0.25, -0.2) is 9.78 Å². The predicted molar refractivity (Wildman–Crippen MR) is 146 cm³/mol. The van der Waals surface area contributed by atoms with Gasteiger partial charge in [-0.3, -0.25) is 19.3 Å². The van der Waals surface area contributed by atoms with Gasteiger partial charge in [0.2, 0.25) is 17.6 Å². The van der Waals surface area contributed by atoms with Gasteiger partial charge in [0.25, 0.3) is 0 Å². The Morgan fingerprint density at radius 2 is 1.69 bits per heavy atom. The summed E-state index contributed by atoms with van der Waals surface area (Å²) in [6.45, 7) is -0.357. The van der Waals surface area contributed by atoms with Crippen molar-refractivity contribution in [3.05, 3.63) is 82.6 Å². The van der Waals surface area contributed by atoms with Crippen molar-refractivity contribution in [2.24, 2.45) is 23.7 Å². The van der Waals surface area contributed by atoms with Crippen LogP contribution in [0.15, 0.2) is 72.1 Å². The third-order valence-corrected chi connectivity index (χ3v) is 9.30. The summed E-state index contributed by atoms with van der Waals surface area (Å²) in [5.41, 5.74) is 2.58. The van der Waals surface area contributed by atoms with Gasteiger partial charge in [0.15, 0.2) is 6.61 Å². The van der Waals surface area contributed by atoms with Crippen LogP contribution in [0.2, 0.25) is 0 Å². The zero-order valence-electron chi connectivity index (χ0n) is 20.9. The number of Topliss-reactive ketones (excluding diaryl/α,β-unsaturated/α-hetero) is 1. The van der Waals surface area contributed by atoms with E-state index in [1.165, 1.54) is 16.2 Å². The standard InChI is InChI=1S/C31H24N2O5S/c34-25(26-9-4-12-39-26)16-38-31(37)22-15-24(32-23-8-2-1-7-21(22)23)17-5-3-6-20(14-17)33-29(35)27-18-10-11-19(13-18)28(27)30(33)36/h1-9,12,14-15,18-19,27-28H,10-11,13,16H2/t18-,19-,27-,28+/m0/s1. The lowest BCUT2D eigenvalue weighted by atomic mass is 9.81. The molecular formula is C31H24N2O5S. The molecule has 2 bridgehead atoms. The van der Waals surface area contributed by atoms with Crippen molar-refractivity contribution < 1.29 is 23.9 Å². The van der Waals surface area contributed by atoms with E-state index in [0.717, 1.165) is 19.3 Å². The number of nitrogens with zero attached hydrogens (tertiary/aromatic N) is 2. The number of ketones is 1. The third kappa shape index (κ3) is 3.89. The van der Waals surface area contributed by atoms with E-state index in [9.17, 15) is 19.2 Å². The van der Waals surface area contributed by atoms with E-state index in [0.29, 0.717) is 50.1 Å². The van der Waals surface area contributed by atoms with E-state index in [-0.39, 0.29) is 36.0 Å². The minimum Gasteiger partial charge on any atom is -0.454 e. The van der Waals surface area contributed by atoms with Crippen LogP contribution < -0.4 is 4.90 Å². The van der Waals surface area contributed by atoms with Crippen molar-refractivity contribution >= 4 is 51.5 Å². The number of carbonyl (C=O) groups excluding carboxylic acids is 4. The van der Waals surface area contributed by atoms with Gasteiger partial charge in [-0.1, -0.05) is 36.4 Å². The van der Waals surface area contributed by atoms with Gasteiger partial charge in [-0.15, -0.1) is 11.3 Å². The Hall–Kier alpha value is -4.17. The molecule has 2 aromatic heterocycles. The first-order valence-corrected chi connectivity index (χ1v) is 14.0. The predicted octanol–water partition coefficient (Wildman–Crippen LogP) is 5.54. The number of pyridine rings is 1. The van der Waals surface area contributed by atoms with E-state index >= 15 is 0 Å². The fourth-order valence-electron chi connectivity index (χ4n) is 6.68. The summed E-state index contributed by atoms with van der Waals surface area (Å²) in [4.78, 5) is 58.9. The molecule has 194 valence electrons. The average Bonchev–Trinajstić information content (AvgIpc) is 3.76. The molecule has 2 saturated carbocycles. The van der Waals surface area contributed by atoms with Crippen LogP contribution in [0.3, 0.4) is 0 Å². The van der Waals surface area contributed by atoms with Gasteiger partial charge in [-0.05, 0) is 66.8 Å². The van der Waals surface area contributed by atoms with Gasteiger partial charge < -0.3 is 4.74 Å². The van der Waals surface area contributed by atoms with Crippen molar-refractivity contribution in [1.29, 1.82) is 0 Å². The Kier molecular flexibility index (Phi) is 5.66. The van der Waals surface area contributed by atoms with Crippen molar-refractivity contribution in [3.63, 3.8) is 0 Å². The van der Waals surface area contributed by atoms with Crippen LogP contribution >= 0.6 is 11.3 Å². The lowest BCUT2D eigenvalue weighted by molar-refractivity contribution is -0.123.